The number of aromatic nitrogens is 2. The number of hydrogen-bond acceptors (Lipinski definition) is 5. The molecule has 7 nitrogen and oxygen atoms in total. The molecule has 8 heteroatoms. The van der Waals surface area contributed by atoms with E-state index >= 15 is 0 Å². The van der Waals surface area contributed by atoms with Crippen LogP contribution in [0.25, 0.3) is 10.9 Å². The molecule has 0 spiro atoms. The van der Waals surface area contributed by atoms with Crippen LogP contribution < -0.4 is 15.5 Å². The number of nitrogens with zero attached hydrogens (tertiary/aromatic N) is 3. The third kappa shape index (κ3) is 3.16. The molecule has 2 amide bonds. The lowest BCUT2D eigenvalue weighted by Crippen LogP contribution is -2.44. The summed E-state index contributed by atoms with van der Waals surface area (Å²) < 4.78 is 1.86. The average molecular weight is 404 g/mol. The van der Waals surface area contributed by atoms with E-state index in [1.165, 1.54) is 18.5 Å². The van der Waals surface area contributed by atoms with Crippen LogP contribution >= 0.6 is 12.4 Å². The second-order valence-corrected chi connectivity index (χ2v) is 8.06. The van der Waals surface area contributed by atoms with E-state index < -0.39 is 0 Å². The number of amides is 2. The Balaban J connectivity index is 0.00000192. The highest BCUT2D eigenvalue weighted by Gasteiger charge is 2.34. The minimum Gasteiger partial charge on any atom is -0.371 e. The molecule has 2 aromatic rings. The fraction of sp³-hybridized carbons (Fsp3) is 0.550. The predicted molar refractivity (Wildman–Crippen MR) is 110 cm³/mol. The smallest absolute Gasteiger partial charge is 0.235 e. The van der Waals surface area contributed by atoms with Gasteiger partial charge in [0.1, 0.15) is 0 Å². The highest BCUT2D eigenvalue weighted by molar-refractivity contribution is 6.02. The van der Waals surface area contributed by atoms with Crippen molar-refractivity contribution in [2.45, 2.75) is 37.6 Å². The van der Waals surface area contributed by atoms with Crippen molar-refractivity contribution in [3.05, 3.63) is 23.9 Å². The molecule has 5 rings (SSSR count). The second kappa shape index (κ2) is 7.37. The lowest BCUT2D eigenvalue weighted by Gasteiger charge is -2.36. The number of rotatable bonds is 2. The topological polar surface area (TPSA) is 79.3 Å². The first kappa shape index (κ1) is 19.2. The van der Waals surface area contributed by atoms with Crippen LogP contribution in [0.1, 0.15) is 37.3 Å². The van der Waals surface area contributed by atoms with Gasteiger partial charge >= 0.3 is 0 Å². The first-order valence-electron chi connectivity index (χ1n) is 9.89. The Hall–Kier alpha value is -2.12. The zero-order valence-electron chi connectivity index (χ0n) is 16.0. The summed E-state index contributed by atoms with van der Waals surface area (Å²) >= 11 is 0. The molecule has 0 radical (unpaired) electrons. The monoisotopic (exact) mass is 403 g/mol. The molecule has 4 heterocycles. The Morgan fingerprint density at radius 2 is 2.04 bits per heavy atom. The Bertz CT molecular complexity index is 927. The third-order valence-electron chi connectivity index (χ3n) is 6.45. The van der Waals surface area contributed by atoms with Gasteiger partial charge in [-0.2, -0.15) is 5.10 Å². The first-order chi connectivity index (χ1) is 13.1. The van der Waals surface area contributed by atoms with E-state index in [9.17, 15) is 9.59 Å². The van der Waals surface area contributed by atoms with E-state index in [1.807, 2.05) is 11.7 Å². The fourth-order valence-corrected chi connectivity index (χ4v) is 4.96. The van der Waals surface area contributed by atoms with Gasteiger partial charge in [0.2, 0.25) is 11.8 Å². The Morgan fingerprint density at radius 3 is 2.86 bits per heavy atom. The number of nitrogens with one attached hydrogen (secondary N) is 2. The number of benzene rings is 1. The van der Waals surface area contributed by atoms with Crippen molar-refractivity contribution in [2.24, 2.45) is 13.0 Å². The lowest BCUT2D eigenvalue weighted by atomic mass is 9.92. The Kier molecular flexibility index (Phi) is 5.05. The maximum absolute atomic E-state index is 12.3. The molecule has 3 fully saturated rings. The van der Waals surface area contributed by atoms with Gasteiger partial charge in [-0.3, -0.25) is 19.6 Å². The molecule has 1 aromatic heterocycles. The van der Waals surface area contributed by atoms with Crippen LogP contribution in [-0.4, -0.2) is 47.3 Å². The molecule has 2 N–H and O–H groups in total. The van der Waals surface area contributed by atoms with E-state index in [-0.39, 0.29) is 30.1 Å². The van der Waals surface area contributed by atoms with Crippen LogP contribution in [0.4, 0.5) is 5.69 Å². The summed E-state index contributed by atoms with van der Waals surface area (Å²) in [7, 11) is 1.93. The van der Waals surface area contributed by atoms with Crippen molar-refractivity contribution < 1.29 is 9.59 Å². The highest BCUT2D eigenvalue weighted by Crippen LogP contribution is 2.34. The predicted octanol–water partition coefficient (Wildman–Crippen LogP) is 1.70. The SMILES string of the molecule is Cl.Cn1nc(C2CCC(=O)NC2=O)c2ccc(N3CCC4NCCC4C3)cc21. The van der Waals surface area contributed by atoms with Crippen LogP contribution in [0.2, 0.25) is 0 Å². The number of hydrogen-bond donors (Lipinski definition) is 2. The van der Waals surface area contributed by atoms with E-state index in [1.54, 1.807) is 0 Å². The molecule has 0 bridgehead atoms. The molecule has 0 saturated carbocycles. The fourth-order valence-electron chi connectivity index (χ4n) is 4.96. The number of imide groups is 1. The normalized spacial score (nSPS) is 27.5. The largest absolute Gasteiger partial charge is 0.371 e. The summed E-state index contributed by atoms with van der Waals surface area (Å²) in [5, 5.41) is 11.7. The van der Waals surface area contributed by atoms with Crippen LogP contribution in [0.3, 0.4) is 0 Å². The van der Waals surface area contributed by atoms with Crippen LogP contribution in [0, 0.1) is 5.92 Å². The quantitative estimate of drug-likeness (QED) is 0.746. The Morgan fingerprint density at radius 1 is 1.18 bits per heavy atom. The van der Waals surface area contributed by atoms with Crippen LogP contribution in [-0.2, 0) is 16.6 Å². The molecular formula is C20H26ClN5O2. The molecule has 0 aliphatic carbocycles. The number of fused-ring (bicyclic) bond motifs is 2. The zero-order valence-corrected chi connectivity index (χ0v) is 16.8. The summed E-state index contributed by atoms with van der Waals surface area (Å²) in [5.41, 5.74) is 3.05. The van der Waals surface area contributed by atoms with Gasteiger partial charge in [0.05, 0.1) is 17.1 Å². The maximum atomic E-state index is 12.3. The molecule has 3 aliphatic heterocycles. The lowest BCUT2D eigenvalue weighted by molar-refractivity contribution is -0.134. The standard InChI is InChI=1S/C20H25N5O2.ClH/c1-24-17-10-13(25-9-7-16-12(11-25)6-8-21-16)2-3-14(17)19(23-24)15-4-5-18(26)22-20(15)27;/h2-3,10,12,15-16,21H,4-9,11H2,1H3,(H,22,26,27);1H. The van der Waals surface area contributed by atoms with E-state index in [0.29, 0.717) is 18.9 Å². The number of halogens is 1. The second-order valence-electron chi connectivity index (χ2n) is 8.06. The van der Waals surface area contributed by atoms with Crippen molar-refractivity contribution in [1.82, 2.24) is 20.4 Å². The van der Waals surface area contributed by atoms with Crippen molar-refractivity contribution in [3.63, 3.8) is 0 Å². The van der Waals surface area contributed by atoms with Gasteiger partial charge in [0.25, 0.3) is 0 Å². The number of carbonyl (C=O) groups is 2. The number of aryl methyl sites for hydroxylation is 1. The maximum Gasteiger partial charge on any atom is 0.235 e. The van der Waals surface area contributed by atoms with Crippen molar-refractivity contribution in [1.29, 1.82) is 0 Å². The van der Waals surface area contributed by atoms with Gasteiger partial charge in [-0.1, -0.05) is 0 Å². The summed E-state index contributed by atoms with van der Waals surface area (Å²) in [6.45, 7) is 3.30. The number of piperidine rings is 2. The Labute approximate surface area is 170 Å². The molecule has 3 aliphatic rings. The van der Waals surface area contributed by atoms with Crippen LogP contribution in [0.15, 0.2) is 18.2 Å². The molecule has 28 heavy (non-hydrogen) atoms. The summed E-state index contributed by atoms with van der Waals surface area (Å²) in [4.78, 5) is 26.2. The van der Waals surface area contributed by atoms with Crippen LogP contribution in [0.5, 0.6) is 0 Å². The zero-order chi connectivity index (χ0) is 18.5. The minimum atomic E-state index is -0.349. The van der Waals surface area contributed by atoms with E-state index in [2.05, 4.69) is 38.8 Å². The van der Waals surface area contributed by atoms with Crippen molar-refractivity contribution >= 4 is 40.8 Å². The highest BCUT2D eigenvalue weighted by atomic mass is 35.5. The summed E-state index contributed by atoms with van der Waals surface area (Å²) in [6, 6.07) is 7.12. The molecule has 3 atom stereocenters. The average Bonchev–Trinajstić information content (AvgIpc) is 3.25. The molecule has 1 aromatic carbocycles. The van der Waals surface area contributed by atoms with Crippen molar-refractivity contribution in [3.8, 4) is 0 Å². The third-order valence-corrected chi connectivity index (χ3v) is 6.45. The van der Waals surface area contributed by atoms with Gasteiger partial charge in [0, 0.05) is 43.7 Å². The van der Waals surface area contributed by atoms with Crippen molar-refractivity contribution in [2.75, 3.05) is 24.5 Å². The number of carbonyl (C=O) groups excluding carboxylic acids is 2. The molecular weight excluding hydrogens is 378 g/mol. The van der Waals surface area contributed by atoms with Gasteiger partial charge in [-0.05, 0) is 49.9 Å². The number of anilines is 1. The van der Waals surface area contributed by atoms with E-state index in [0.717, 1.165) is 42.1 Å². The minimum absolute atomic E-state index is 0. The summed E-state index contributed by atoms with van der Waals surface area (Å²) in [6.07, 6.45) is 3.35. The molecule has 150 valence electrons. The first-order valence-corrected chi connectivity index (χ1v) is 9.89. The summed E-state index contributed by atoms with van der Waals surface area (Å²) in [5.74, 6) is -0.0349. The molecule has 3 unspecified atom stereocenters. The van der Waals surface area contributed by atoms with Gasteiger partial charge in [0.15, 0.2) is 0 Å². The molecule has 3 saturated heterocycles. The van der Waals surface area contributed by atoms with Gasteiger partial charge < -0.3 is 10.2 Å². The van der Waals surface area contributed by atoms with Gasteiger partial charge in [-0.15, -0.1) is 12.4 Å². The van der Waals surface area contributed by atoms with E-state index in [4.69, 9.17) is 0 Å². The van der Waals surface area contributed by atoms with Gasteiger partial charge in [-0.25, -0.2) is 0 Å².